The maximum Gasteiger partial charge on any atom is 0.306 e. The Hall–Kier alpha value is -2.45. The summed E-state index contributed by atoms with van der Waals surface area (Å²) in [5.74, 6) is 2.41. The van der Waals surface area contributed by atoms with Crippen LogP contribution in [0.4, 0.5) is 0 Å². The molecule has 10 atom stereocenters. The molecule has 0 heterocycles. The SMILES string of the molecule is C[C@H](CCC(=O)OCc1ccccc1)[C@H]1CC[C@H]2[C@@H]3[C@@H](OC(=O)CCCN(C)C)C[C@@H]4C[C@H](OC(=O)CCCN(C)C)CC[C@]4(C)[C@H]3CC[C@]12C. The van der Waals surface area contributed by atoms with Gasteiger partial charge in [-0.25, -0.2) is 0 Å². The zero-order chi connectivity index (χ0) is 36.8. The van der Waals surface area contributed by atoms with Crippen LogP contribution in [0.5, 0.6) is 0 Å². The zero-order valence-corrected chi connectivity index (χ0v) is 32.9. The van der Waals surface area contributed by atoms with Gasteiger partial charge in [0.05, 0.1) is 0 Å². The number of benzene rings is 1. The van der Waals surface area contributed by atoms with Crippen molar-refractivity contribution >= 4 is 17.9 Å². The molecule has 1 aromatic rings. The molecule has 51 heavy (non-hydrogen) atoms. The van der Waals surface area contributed by atoms with Gasteiger partial charge in [-0.05, 0) is 158 Å². The number of carbonyl (C=O) groups excluding carboxylic acids is 3. The van der Waals surface area contributed by atoms with Crippen LogP contribution in [0.25, 0.3) is 0 Å². The van der Waals surface area contributed by atoms with Crippen LogP contribution in [0.15, 0.2) is 30.3 Å². The minimum atomic E-state index is -0.114. The molecule has 0 N–H and O–H groups in total. The Kier molecular flexibility index (Phi) is 13.7. The number of hydrogen-bond acceptors (Lipinski definition) is 8. The first kappa shape index (κ1) is 39.8. The molecule has 4 fully saturated rings. The van der Waals surface area contributed by atoms with E-state index in [2.05, 4.69) is 30.6 Å². The van der Waals surface area contributed by atoms with Gasteiger partial charge in [-0.15, -0.1) is 0 Å². The highest BCUT2D eigenvalue weighted by atomic mass is 16.5. The van der Waals surface area contributed by atoms with Gasteiger partial charge < -0.3 is 24.0 Å². The number of hydrogen-bond donors (Lipinski definition) is 0. The van der Waals surface area contributed by atoms with E-state index >= 15 is 0 Å². The number of nitrogens with zero attached hydrogens (tertiary/aromatic N) is 2. The molecule has 286 valence electrons. The van der Waals surface area contributed by atoms with Crippen LogP contribution in [-0.2, 0) is 35.2 Å². The Morgan fingerprint density at radius 1 is 0.765 bits per heavy atom. The van der Waals surface area contributed by atoms with Crippen molar-refractivity contribution in [1.82, 2.24) is 9.80 Å². The number of esters is 3. The molecule has 5 rings (SSSR count). The summed E-state index contributed by atoms with van der Waals surface area (Å²) in [4.78, 5) is 43.2. The van der Waals surface area contributed by atoms with E-state index in [-0.39, 0.29) is 40.9 Å². The molecule has 0 radical (unpaired) electrons. The monoisotopic (exact) mass is 709 g/mol. The minimum absolute atomic E-state index is 0.0483. The van der Waals surface area contributed by atoms with Crippen molar-refractivity contribution in [2.45, 2.75) is 129 Å². The molecular weight excluding hydrogens is 640 g/mol. The Bertz CT molecular complexity index is 1300. The van der Waals surface area contributed by atoms with Gasteiger partial charge in [-0.2, -0.15) is 0 Å². The van der Waals surface area contributed by atoms with Gasteiger partial charge in [0.2, 0.25) is 0 Å². The van der Waals surface area contributed by atoms with Crippen molar-refractivity contribution in [2.24, 2.45) is 46.3 Å². The van der Waals surface area contributed by atoms with Gasteiger partial charge in [0.25, 0.3) is 0 Å². The Morgan fingerprint density at radius 3 is 2.06 bits per heavy atom. The summed E-state index contributed by atoms with van der Waals surface area (Å²) in [5, 5.41) is 0. The maximum absolute atomic E-state index is 13.4. The van der Waals surface area contributed by atoms with Gasteiger partial charge >= 0.3 is 17.9 Å². The summed E-state index contributed by atoms with van der Waals surface area (Å²) in [6, 6.07) is 9.89. The molecule has 4 saturated carbocycles. The lowest BCUT2D eigenvalue weighted by atomic mass is 9.43. The maximum atomic E-state index is 13.4. The molecular formula is C43H68N2O6. The van der Waals surface area contributed by atoms with Gasteiger partial charge in [-0.3, -0.25) is 14.4 Å². The third kappa shape index (κ3) is 9.76. The zero-order valence-electron chi connectivity index (χ0n) is 32.9. The summed E-state index contributed by atoms with van der Waals surface area (Å²) in [6.07, 6.45) is 12.1. The fourth-order valence-corrected chi connectivity index (χ4v) is 11.3. The lowest BCUT2D eigenvalue weighted by Gasteiger charge is -2.62. The second kappa shape index (κ2) is 17.6. The van der Waals surface area contributed by atoms with Gasteiger partial charge in [0.15, 0.2) is 0 Å². The number of carbonyl (C=O) groups is 3. The number of fused-ring (bicyclic) bond motifs is 5. The van der Waals surface area contributed by atoms with E-state index in [0.717, 1.165) is 76.4 Å². The van der Waals surface area contributed by atoms with Crippen molar-refractivity contribution < 1.29 is 28.6 Å². The van der Waals surface area contributed by atoms with Crippen LogP contribution < -0.4 is 0 Å². The van der Waals surface area contributed by atoms with Crippen molar-refractivity contribution in [1.29, 1.82) is 0 Å². The predicted octanol–water partition coefficient (Wildman–Crippen LogP) is 7.92. The third-order valence-corrected chi connectivity index (χ3v) is 14.0. The average molecular weight is 709 g/mol. The quantitative estimate of drug-likeness (QED) is 0.127. The van der Waals surface area contributed by atoms with Crippen LogP contribution in [0, 0.1) is 46.3 Å². The minimum Gasteiger partial charge on any atom is -0.462 e. The molecule has 8 heteroatoms. The largest absolute Gasteiger partial charge is 0.462 e. The topological polar surface area (TPSA) is 85.4 Å². The Morgan fingerprint density at radius 2 is 1.39 bits per heavy atom. The van der Waals surface area contributed by atoms with Crippen molar-refractivity contribution in [3.63, 3.8) is 0 Å². The van der Waals surface area contributed by atoms with Gasteiger partial charge in [-0.1, -0.05) is 51.1 Å². The summed E-state index contributed by atoms with van der Waals surface area (Å²) in [7, 11) is 8.14. The molecule has 1 aromatic carbocycles. The first-order valence-corrected chi connectivity index (χ1v) is 20.2. The molecule has 0 bridgehead atoms. The van der Waals surface area contributed by atoms with E-state index in [1.165, 1.54) is 12.8 Å². The molecule has 8 nitrogen and oxygen atoms in total. The van der Waals surface area contributed by atoms with Crippen molar-refractivity contribution in [2.75, 3.05) is 41.3 Å². The summed E-state index contributed by atoms with van der Waals surface area (Å²) >= 11 is 0. The molecule has 4 aliphatic rings. The second-order valence-electron chi connectivity index (χ2n) is 17.8. The fourth-order valence-electron chi connectivity index (χ4n) is 11.3. The van der Waals surface area contributed by atoms with Gasteiger partial charge in [0.1, 0.15) is 18.8 Å². The molecule has 0 aromatic heterocycles. The molecule has 0 unspecified atom stereocenters. The standard InChI is InChI=1S/C43H68N2O6/c1-30(17-20-38(46)49-29-31-13-9-8-10-14-31)34-18-19-35-41-36(22-24-43(34,35)3)42(2)23-21-33(50-39(47)15-11-25-44(4)5)27-32(42)28-37(41)51-40(48)16-12-26-45(6)7/h8-10,13-14,30,32-37,41H,11-12,15-29H2,1-7H3/t30-,32+,33-,34-,35+,36+,37+,41+,42+,43-/m1/s1. The summed E-state index contributed by atoms with van der Waals surface area (Å²) < 4.78 is 18.3. The second-order valence-corrected chi connectivity index (χ2v) is 17.8. The Balaban J connectivity index is 1.26. The van der Waals surface area contributed by atoms with E-state index in [0.29, 0.717) is 61.4 Å². The smallest absolute Gasteiger partial charge is 0.306 e. The normalized spacial score (nSPS) is 33.5. The van der Waals surface area contributed by atoms with E-state index in [4.69, 9.17) is 14.2 Å². The predicted molar refractivity (Wildman–Crippen MR) is 201 cm³/mol. The number of rotatable bonds is 16. The van der Waals surface area contributed by atoms with E-state index in [1.807, 2.05) is 58.5 Å². The Labute approximate surface area is 308 Å². The van der Waals surface area contributed by atoms with E-state index in [1.54, 1.807) is 0 Å². The third-order valence-electron chi connectivity index (χ3n) is 14.0. The van der Waals surface area contributed by atoms with Crippen LogP contribution in [0.3, 0.4) is 0 Å². The summed E-state index contributed by atoms with van der Waals surface area (Å²) in [6.45, 7) is 9.46. The van der Waals surface area contributed by atoms with E-state index in [9.17, 15) is 14.4 Å². The lowest BCUT2D eigenvalue weighted by molar-refractivity contribution is -0.198. The molecule has 0 amide bonds. The van der Waals surface area contributed by atoms with Gasteiger partial charge in [0, 0.05) is 25.2 Å². The highest BCUT2D eigenvalue weighted by Crippen LogP contribution is 2.69. The molecule has 0 aliphatic heterocycles. The van der Waals surface area contributed by atoms with Crippen molar-refractivity contribution in [3.05, 3.63) is 35.9 Å². The highest BCUT2D eigenvalue weighted by Gasteiger charge is 2.64. The van der Waals surface area contributed by atoms with Crippen LogP contribution in [0.1, 0.15) is 116 Å². The van der Waals surface area contributed by atoms with Crippen LogP contribution >= 0.6 is 0 Å². The highest BCUT2D eigenvalue weighted by molar-refractivity contribution is 5.70. The van der Waals surface area contributed by atoms with E-state index < -0.39 is 0 Å². The van der Waals surface area contributed by atoms with Crippen molar-refractivity contribution in [3.8, 4) is 0 Å². The van der Waals surface area contributed by atoms with Crippen LogP contribution in [-0.4, -0.2) is 81.2 Å². The first-order chi connectivity index (χ1) is 24.3. The average Bonchev–Trinajstić information content (AvgIpc) is 3.44. The number of ether oxygens (including phenoxy) is 3. The molecule has 0 saturated heterocycles. The summed E-state index contributed by atoms with van der Waals surface area (Å²) in [5.41, 5.74) is 1.33. The van der Waals surface area contributed by atoms with Crippen LogP contribution in [0.2, 0.25) is 0 Å². The first-order valence-electron chi connectivity index (χ1n) is 20.2. The lowest BCUT2D eigenvalue weighted by Crippen LogP contribution is -2.59. The molecule has 0 spiro atoms. The fraction of sp³-hybridized carbons (Fsp3) is 0.791. The molecule has 4 aliphatic carbocycles.